The number of ether oxygens (including phenoxy) is 1. The number of anilines is 1. The molecule has 1 aromatic rings. The fourth-order valence-electron chi connectivity index (χ4n) is 4.86. The molecule has 0 aromatic heterocycles. The van der Waals surface area contributed by atoms with E-state index in [4.69, 9.17) is 0 Å². The number of hydrogen-bond donors (Lipinski definition) is 1. The standard InChI is InChI=1S/C23H23F6N3O3/c24-14-10-16(25)19(26)17(11-14)30-18(33)12-32-21(34)20(31-22(32)8-2-1-3-9-22)13-4-6-15(7-5-13)35-23(27,28)29/h4,10-11,15H,1-3,5-9,12H2,(H,30,33). The molecule has 0 bridgehead atoms. The summed E-state index contributed by atoms with van der Waals surface area (Å²) in [5.41, 5.74) is -1.12. The summed E-state index contributed by atoms with van der Waals surface area (Å²) in [6.45, 7) is -0.531. The van der Waals surface area contributed by atoms with Gasteiger partial charge in [0.25, 0.3) is 5.91 Å². The van der Waals surface area contributed by atoms with Crippen molar-refractivity contribution in [2.24, 2.45) is 4.99 Å². The van der Waals surface area contributed by atoms with E-state index in [0.717, 1.165) is 19.3 Å². The third-order valence-corrected chi connectivity index (χ3v) is 6.46. The normalized spacial score (nSPS) is 22.3. The number of nitrogens with zero attached hydrogens (tertiary/aromatic N) is 2. The van der Waals surface area contributed by atoms with E-state index in [1.54, 1.807) is 0 Å². The first kappa shape index (κ1) is 25.2. The summed E-state index contributed by atoms with van der Waals surface area (Å²) in [5, 5.41) is 2.11. The van der Waals surface area contributed by atoms with Gasteiger partial charge in [-0.25, -0.2) is 13.2 Å². The molecule has 1 aromatic carbocycles. The van der Waals surface area contributed by atoms with Crippen molar-refractivity contribution in [2.45, 2.75) is 69.5 Å². The Bertz CT molecular complexity index is 1080. The molecule has 2 amide bonds. The Balaban J connectivity index is 1.52. The number of benzene rings is 1. The van der Waals surface area contributed by atoms with E-state index in [-0.39, 0.29) is 25.0 Å². The summed E-state index contributed by atoms with van der Waals surface area (Å²) >= 11 is 0. The van der Waals surface area contributed by atoms with Gasteiger partial charge in [-0.05, 0) is 50.5 Å². The van der Waals surface area contributed by atoms with Crippen molar-refractivity contribution in [1.29, 1.82) is 0 Å². The highest BCUT2D eigenvalue weighted by Gasteiger charge is 2.49. The van der Waals surface area contributed by atoms with Crippen molar-refractivity contribution in [1.82, 2.24) is 4.90 Å². The number of rotatable bonds is 5. The Kier molecular flexibility index (Phi) is 6.94. The maximum absolute atomic E-state index is 14.0. The molecule has 4 rings (SSSR count). The van der Waals surface area contributed by atoms with Crippen LogP contribution in [0.15, 0.2) is 28.8 Å². The second kappa shape index (κ2) is 9.63. The van der Waals surface area contributed by atoms with Crippen molar-refractivity contribution in [2.75, 3.05) is 11.9 Å². The molecule has 1 aliphatic heterocycles. The van der Waals surface area contributed by atoms with Crippen LogP contribution < -0.4 is 5.32 Å². The van der Waals surface area contributed by atoms with E-state index in [0.29, 0.717) is 30.5 Å². The lowest BCUT2D eigenvalue weighted by molar-refractivity contribution is -0.343. The first-order valence-electron chi connectivity index (χ1n) is 11.3. The third kappa shape index (κ3) is 5.52. The van der Waals surface area contributed by atoms with Crippen LogP contribution in [-0.2, 0) is 14.3 Å². The van der Waals surface area contributed by atoms with Crippen LogP contribution in [-0.4, -0.2) is 47.1 Å². The van der Waals surface area contributed by atoms with Crippen LogP contribution in [0, 0.1) is 17.5 Å². The van der Waals surface area contributed by atoms with Crippen LogP contribution >= 0.6 is 0 Å². The van der Waals surface area contributed by atoms with Gasteiger partial charge in [0, 0.05) is 12.1 Å². The lowest BCUT2D eigenvalue weighted by atomic mass is 9.88. The summed E-state index contributed by atoms with van der Waals surface area (Å²) in [7, 11) is 0. The molecule has 0 radical (unpaired) electrons. The van der Waals surface area contributed by atoms with Gasteiger partial charge in [-0.3, -0.25) is 19.3 Å². The summed E-state index contributed by atoms with van der Waals surface area (Å²) < 4.78 is 82.5. The maximum Gasteiger partial charge on any atom is 0.522 e. The number of hydrogen-bond acceptors (Lipinski definition) is 4. The predicted octanol–water partition coefficient (Wildman–Crippen LogP) is 5.00. The molecule has 1 fully saturated rings. The average molecular weight is 503 g/mol. The molecule has 35 heavy (non-hydrogen) atoms. The Morgan fingerprint density at radius 3 is 2.51 bits per heavy atom. The summed E-state index contributed by atoms with van der Waals surface area (Å²) in [5.74, 6) is -5.40. The van der Waals surface area contributed by atoms with Crippen LogP contribution in [0.3, 0.4) is 0 Å². The van der Waals surface area contributed by atoms with E-state index in [2.05, 4.69) is 15.0 Å². The molecular weight excluding hydrogens is 480 g/mol. The van der Waals surface area contributed by atoms with Crippen molar-refractivity contribution >= 4 is 23.2 Å². The van der Waals surface area contributed by atoms with E-state index in [1.165, 1.54) is 11.0 Å². The van der Waals surface area contributed by atoms with Crippen LogP contribution in [0.5, 0.6) is 0 Å². The Morgan fingerprint density at radius 2 is 1.89 bits per heavy atom. The number of carbonyl (C=O) groups excluding carboxylic acids is 2. The van der Waals surface area contributed by atoms with Gasteiger partial charge in [-0.1, -0.05) is 12.5 Å². The highest BCUT2D eigenvalue weighted by Crippen LogP contribution is 2.41. The molecule has 1 unspecified atom stereocenters. The molecule has 0 saturated heterocycles. The van der Waals surface area contributed by atoms with Crippen molar-refractivity contribution < 1.29 is 40.7 Å². The maximum atomic E-state index is 14.0. The fraction of sp³-hybridized carbons (Fsp3) is 0.522. The topological polar surface area (TPSA) is 71.0 Å². The minimum Gasteiger partial charge on any atom is -0.322 e. The number of carbonyl (C=O) groups is 2. The Morgan fingerprint density at radius 1 is 1.17 bits per heavy atom. The number of nitrogens with one attached hydrogen (secondary N) is 1. The largest absolute Gasteiger partial charge is 0.522 e. The Hall–Kier alpha value is -2.89. The number of aliphatic imine (C=N–C) groups is 1. The highest BCUT2D eigenvalue weighted by atomic mass is 19.4. The first-order valence-corrected chi connectivity index (χ1v) is 11.3. The molecule has 3 aliphatic rings. The molecule has 1 N–H and O–H groups in total. The molecule has 6 nitrogen and oxygen atoms in total. The summed E-state index contributed by atoms with van der Waals surface area (Å²) in [6.07, 6.45) is -0.797. The zero-order valence-electron chi connectivity index (χ0n) is 18.6. The SMILES string of the molecule is O=C(CN1C(=O)C(C2=CCC(OC(F)(F)F)CC2)=NC12CCCCC2)Nc1cc(F)cc(F)c1F. The van der Waals surface area contributed by atoms with Gasteiger partial charge < -0.3 is 10.2 Å². The summed E-state index contributed by atoms with van der Waals surface area (Å²) in [6, 6.07) is 0.973. The van der Waals surface area contributed by atoms with Crippen molar-refractivity contribution in [3.63, 3.8) is 0 Å². The number of alkyl halides is 3. The summed E-state index contributed by atoms with van der Waals surface area (Å²) in [4.78, 5) is 31.9. The highest BCUT2D eigenvalue weighted by molar-refractivity contribution is 6.47. The monoisotopic (exact) mass is 503 g/mol. The van der Waals surface area contributed by atoms with Crippen LogP contribution in [0.25, 0.3) is 0 Å². The smallest absolute Gasteiger partial charge is 0.322 e. The second-order valence-corrected chi connectivity index (χ2v) is 8.88. The van der Waals surface area contributed by atoms with E-state index >= 15 is 0 Å². The van der Waals surface area contributed by atoms with Crippen molar-refractivity contribution in [3.05, 3.63) is 41.2 Å². The van der Waals surface area contributed by atoms with Crippen LogP contribution in [0.1, 0.15) is 51.4 Å². The molecule has 1 saturated carbocycles. The van der Waals surface area contributed by atoms with Gasteiger partial charge in [-0.15, -0.1) is 13.2 Å². The minimum atomic E-state index is -4.75. The van der Waals surface area contributed by atoms with Gasteiger partial charge in [-0.2, -0.15) is 0 Å². The fourth-order valence-corrected chi connectivity index (χ4v) is 4.86. The van der Waals surface area contributed by atoms with Gasteiger partial charge in [0.15, 0.2) is 11.6 Å². The minimum absolute atomic E-state index is 0.0426. The van der Waals surface area contributed by atoms with E-state index in [9.17, 15) is 35.9 Å². The molecular formula is C23H23F6N3O3. The van der Waals surface area contributed by atoms with Crippen molar-refractivity contribution in [3.8, 4) is 0 Å². The van der Waals surface area contributed by atoms with Gasteiger partial charge in [0.05, 0.1) is 11.8 Å². The number of halogens is 6. The van der Waals surface area contributed by atoms with Crippen LogP contribution in [0.4, 0.5) is 32.0 Å². The number of amides is 2. The van der Waals surface area contributed by atoms with Gasteiger partial charge >= 0.3 is 6.36 Å². The third-order valence-electron chi connectivity index (χ3n) is 6.46. The molecule has 1 heterocycles. The zero-order valence-corrected chi connectivity index (χ0v) is 18.6. The molecule has 1 spiro atoms. The molecule has 1 atom stereocenters. The Labute approximate surface area is 197 Å². The first-order chi connectivity index (χ1) is 16.5. The van der Waals surface area contributed by atoms with Crippen LogP contribution in [0.2, 0.25) is 0 Å². The lowest BCUT2D eigenvalue weighted by Gasteiger charge is -2.38. The second-order valence-electron chi connectivity index (χ2n) is 8.88. The lowest BCUT2D eigenvalue weighted by Crippen LogP contribution is -2.51. The van der Waals surface area contributed by atoms with Gasteiger partial charge in [0.1, 0.15) is 23.7 Å². The molecule has 190 valence electrons. The molecule has 12 heteroatoms. The zero-order chi connectivity index (χ0) is 25.4. The predicted molar refractivity (Wildman–Crippen MR) is 113 cm³/mol. The molecule has 2 aliphatic carbocycles. The quantitative estimate of drug-likeness (QED) is 0.454. The van der Waals surface area contributed by atoms with E-state index in [1.807, 2.05) is 0 Å². The van der Waals surface area contributed by atoms with Gasteiger partial charge in [0.2, 0.25) is 5.91 Å². The average Bonchev–Trinajstić information content (AvgIpc) is 3.03. The van der Waals surface area contributed by atoms with E-state index < -0.39 is 59.6 Å².